The summed E-state index contributed by atoms with van der Waals surface area (Å²) in [7, 11) is -1.66. The molecule has 8 nitrogen and oxygen atoms in total. The van der Waals surface area contributed by atoms with Crippen molar-refractivity contribution in [1.29, 1.82) is 0 Å². The number of imidazole rings is 1. The van der Waals surface area contributed by atoms with Crippen LogP contribution in [-0.4, -0.2) is 58.9 Å². The van der Waals surface area contributed by atoms with E-state index in [1.165, 1.54) is 4.31 Å². The van der Waals surface area contributed by atoms with Gasteiger partial charge in [-0.15, -0.1) is 0 Å². The minimum absolute atomic E-state index is 0.0513. The minimum Gasteiger partial charge on any atom is -0.379 e. The van der Waals surface area contributed by atoms with Crippen LogP contribution in [-0.2, 0) is 28.4 Å². The quantitative estimate of drug-likeness (QED) is 0.637. The van der Waals surface area contributed by atoms with E-state index in [4.69, 9.17) is 4.74 Å². The molecule has 0 radical (unpaired) electrons. The van der Waals surface area contributed by atoms with Crippen LogP contribution in [0.5, 0.6) is 0 Å². The van der Waals surface area contributed by atoms with Crippen molar-refractivity contribution in [3.8, 4) is 11.4 Å². The van der Waals surface area contributed by atoms with Crippen molar-refractivity contribution in [3.05, 3.63) is 53.1 Å². The van der Waals surface area contributed by atoms with Gasteiger partial charge in [-0.1, -0.05) is 18.2 Å². The lowest BCUT2D eigenvalue weighted by molar-refractivity contribution is 0.0730. The molecule has 0 saturated carbocycles. The van der Waals surface area contributed by atoms with Gasteiger partial charge in [-0.3, -0.25) is 4.79 Å². The van der Waals surface area contributed by atoms with Gasteiger partial charge in [0, 0.05) is 39.1 Å². The Hall–Kier alpha value is -2.49. The number of aromatic nitrogens is 3. The molecule has 3 heterocycles. The summed E-state index contributed by atoms with van der Waals surface area (Å²) in [4.78, 5) is 17.2. The molecule has 0 atom stereocenters. The highest BCUT2D eigenvalue weighted by Gasteiger charge is 2.24. The summed E-state index contributed by atoms with van der Waals surface area (Å²) in [5.41, 5.74) is 1.13. The van der Waals surface area contributed by atoms with Crippen molar-refractivity contribution < 1.29 is 13.2 Å². The monoisotopic (exact) mass is 402 g/mol. The number of rotatable bonds is 5. The highest BCUT2D eigenvalue weighted by Crippen LogP contribution is 2.20. The molecule has 1 aromatic carbocycles. The summed E-state index contributed by atoms with van der Waals surface area (Å²) < 4.78 is 35.2. The first-order valence-electron chi connectivity index (χ1n) is 9.13. The van der Waals surface area contributed by atoms with E-state index >= 15 is 0 Å². The lowest BCUT2D eigenvalue weighted by Gasteiger charge is -2.26. The molecule has 0 bridgehead atoms. The van der Waals surface area contributed by atoms with Crippen LogP contribution in [0.1, 0.15) is 0 Å². The standard InChI is InChI=1S/C19H22N4O4S/c1-21-17-5-3-2-4-15(17)14-16(19(21)24)18-20-6-7-22(18)10-13-28(25,26)23-8-11-27-12-9-23/h2-7,14H,8-13H2,1H3. The number of sulfonamides is 1. The Morgan fingerprint density at radius 2 is 1.93 bits per heavy atom. The maximum absolute atomic E-state index is 12.9. The molecule has 1 saturated heterocycles. The van der Waals surface area contributed by atoms with Crippen molar-refractivity contribution in [2.45, 2.75) is 6.54 Å². The summed E-state index contributed by atoms with van der Waals surface area (Å²) >= 11 is 0. The van der Waals surface area contributed by atoms with Gasteiger partial charge in [0.2, 0.25) is 10.0 Å². The molecule has 1 aliphatic rings. The number of pyridine rings is 1. The van der Waals surface area contributed by atoms with Gasteiger partial charge < -0.3 is 13.9 Å². The Morgan fingerprint density at radius 1 is 1.18 bits per heavy atom. The van der Waals surface area contributed by atoms with Crippen molar-refractivity contribution in [2.24, 2.45) is 7.05 Å². The van der Waals surface area contributed by atoms with E-state index in [2.05, 4.69) is 4.98 Å². The Balaban J connectivity index is 1.64. The molecular formula is C19H22N4O4S. The molecule has 0 unspecified atom stereocenters. The maximum atomic E-state index is 12.9. The fourth-order valence-electron chi connectivity index (χ4n) is 3.48. The summed E-state index contributed by atoms with van der Waals surface area (Å²) in [5, 5.41) is 0.926. The fraction of sp³-hybridized carbons (Fsp3) is 0.368. The van der Waals surface area contributed by atoms with Crippen molar-refractivity contribution >= 4 is 20.9 Å². The zero-order chi connectivity index (χ0) is 19.7. The van der Waals surface area contributed by atoms with Gasteiger partial charge in [-0.25, -0.2) is 13.4 Å². The third-order valence-corrected chi connectivity index (χ3v) is 6.89. The van der Waals surface area contributed by atoms with Crippen molar-refractivity contribution in [1.82, 2.24) is 18.4 Å². The Kier molecular flexibility index (Phi) is 5.05. The second-order valence-corrected chi connectivity index (χ2v) is 8.84. The minimum atomic E-state index is -3.39. The maximum Gasteiger partial charge on any atom is 0.261 e. The SMILES string of the molecule is Cn1c(=O)c(-c2nccn2CCS(=O)(=O)N2CCOCC2)cc2ccccc21. The number of nitrogens with zero attached hydrogens (tertiary/aromatic N) is 4. The van der Waals surface area contributed by atoms with E-state index < -0.39 is 10.0 Å². The number of aryl methyl sites for hydroxylation is 2. The van der Waals surface area contributed by atoms with E-state index in [1.54, 1.807) is 28.6 Å². The number of hydrogen-bond acceptors (Lipinski definition) is 5. The van der Waals surface area contributed by atoms with Crippen LogP contribution in [0.2, 0.25) is 0 Å². The Morgan fingerprint density at radius 3 is 2.71 bits per heavy atom. The van der Waals surface area contributed by atoms with E-state index in [0.717, 1.165) is 10.9 Å². The van der Waals surface area contributed by atoms with Gasteiger partial charge in [0.25, 0.3) is 5.56 Å². The topological polar surface area (TPSA) is 86.4 Å². The lowest BCUT2D eigenvalue weighted by atomic mass is 10.1. The summed E-state index contributed by atoms with van der Waals surface area (Å²) in [6.45, 7) is 1.82. The van der Waals surface area contributed by atoms with Crippen LogP contribution in [0, 0.1) is 0 Å². The summed E-state index contributed by atoms with van der Waals surface area (Å²) in [6.07, 6.45) is 3.30. The van der Waals surface area contributed by atoms with Gasteiger partial charge in [-0.2, -0.15) is 4.31 Å². The first-order chi connectivity index (χ1) is 13.5. The van der Waals surface area contributed by atoms with Gasteiger partial charge in [-0.05, 0) is 17.5 Å². The molecule has 0 spiro atoms. The van der Waals surface area contributed by atoms with Crippen LogP contribution >= 0.6 is 0 Å². The summed E-state index contributed by atoms with van der Waals surface area (Å²) in [5.74, 6) is 0.424. The highest BCUT2D eigenvalue weighted by molar-refractivity contribution is 7.89. The third-order valence-electron chi connectivity index (χ3n) is 5.04. The van der Waals surface area contributed by atoms with Crippen LogP contribution in [0.15, 0.2) is 47.5 Å². The second-order valence-electron chi connectivity index (χ2n) is 6.75. The van der Waals surface area contributed by atoms with E-state index in [0.29, 0.717) is 37.7 Å². The second kappa shape index (κ2) is 7.50. The first-order valence-corrected chi connectivity index (χ1v) is 10.7. The number of para-hydroxylation sites is 1. The smallest absolute Gasteiger partial charge is 0.261 e. The molecular weight excluding hydrogens is 380 g/mol. The van der Waals surface area contributed by atoms with Gasteiger partial charge in [0.15, 0.2) is 0 Å². The van der Waals surface area contributed by atoms with Crippen LogP contribution in [0.25, 0.3) is 22.3 Å². The van der Waals surface area contributed by atoms with E-state index in [-0.39, 0.29) is 17.9 Å². The zero-order valence-electron chi connectivity index (χ0n) is 15.6. The molecule has 28 heavy (non-hydrogen) atoms. The zero-order valence-corrected chi connectivity index (χ0v) is 16.4. The molecule has 0 aliphatic carbocycles. The molecule has 148 valence electrons. The molecule has 3 aromatic rings. The first kappa shape index (κ1) is 18.9. The van der Waals surface area contributed by atoms with Crippen LogP contribution < -0.4 is 5.56 Å². The van der Waals surface area contributed by atoms with Gasteiger partial charge in [0.1, 0.15) is 5.82 Å². The number of fused-ring (bicyclic) bond motifs is 1. The van der Waals surface area contributed by atoms with Crippen LogP contribution in [0.4, 0.5) is 0 Å². The average molecular weight is 402 g/mol. The summed E-state index contributed by atoms with van der Waals surface area (Å²) in [6, 6.07) is 9.44. The number of benzene rings is 1. The molecule has 0 N–H and O–H groups in total. The van der Waals surface area contributed by atoms with Gasteiger partial charge >= 0.3 is 0 Å². The van der Waals surface area contributed by atoms with E-state index in [1.807, 2.05) is 30.3 Å². The largest absolute Gasteiger partial charge is 0.379 e. The molecule has 0 amide bonds. The predicted octanol–water partition coefficient (Wildman–Crippen LogP) is 1.06. The Bertz CT molecular complexity index is 1160. The highest BCUT2D eigenvalue weighted by atomic mass is 32.2. The van der Waals surface area contributed by atoms with Crippen LogP contribution in [0.3, 0.4) is 0 Å². The van der Waals surface area contributed by atoms with Crippen molar-refractivity contribution in [3.63, 3.8) is 0 Å². The Labute approximate surface area is 163 Å². The molecule has 4 rings (SSSR count). The predicted molar refractivity (Wildman–Crippen MR) is 107 cm³/mol. The molecule has 1 aliphatic heterocycles. The van der Waals surface area contributed by atoms with Crippen molar-refractivity contribution in [2.75, 3.05) is 32.1 Å². The number of morpholine rings is 1. The fourth-order valence-corrected chi connectivity index (χ4v) is 4.88. The molecule has 1 fully saturated rings. The third kappa shape index (κ3) is 3.48. The molecule has 2 aromatic heterocycles. The lowest BCUT2D eigenvalue weighted by Crippen LogP contribution is -2.42. The normalized spacial score (nSPS) is 15.9. The number of ether oxygens (including phenoxy) is 1. The number of hydrogen-bond donors (Lipinski definition) is 0. The van der Waals surface area contributed by atoms with E-state index in [9.17, 15) is 13.2 Å². The average Bonchev–Trinajstić information content (AvgIpc) is 3.18. The van der Waals surface area contributed by atoms with Gasteiger partial charge in [0.05, 0.1) is 30.0 Å². The molecule has 9 heteroatoms.